The van der Waals surface area contributed by atoms with Crippen molar-refractivity contribution in [2.45, 2.75) is 36.0 Å². The first-order valence-electron chi connectivity index (χ1n) is 8.55. The van der Waals surface area contributed by atoms with Gasteiger partial charge in [0.05, 0.1) is 12.1 Å². The third-order valence-electron chi connectivity index (χ3n) is 4.62. The van der Waals surface area contributed by atoms with Crippen molar-refractivity contribution in [3.8, 4) is 0 Å². The van der Waals surface area contributed by atoms with E-state index in [1.165, 1.54) is 25.7 Å². The van der Waals surface area contributed by atoms with Gasteiger partial charge in [-0.2, -0.15) is 0 Å². The summed E-state index contributed by atoms with van der Waals surface area (Å²) in [7, 11) is 0. The van der Waals surface area contributed by atoms with Crippen molar-refractivity contribution in [2.75, 3.05) is 32.7 Å². The second kappa shape index (κ2) is 7.98. The summed E-state index contributed by atoms with van der Waals surface area (Å²) in [5.41, 5.74) is 5.94. The molecule has 2 amide bonds. The topological polar surface area (TPSA) is 79.5 Å². The van der Waals surface area contributed by atoms with E-state index in [9.17, 15) is 9.59 Å². The van der Waals surface area contributed by atoms with Crippen LogP contribution in [0, 0.1) is 0 Å². The van der Waals surface area contributed by atoms with Gasteiger partial charge in [0.15, 0.2) is 0 Å². The summed E-state index contributed by atoms with van der Waals surface area (Å²) >= 11 is 1.75. The number of hydrogen-bond donors (Lipinski definition) is 1. The van der Waals surface area contributed by atoms with E-state index >= 15 is 0 Å². The predicted molar refractivity (Wildman–Crippen MR) is 93.9 cm³/mol. The summed E-state index contributed by atoms with van der Waals surface area (Å²) in [6.45, 7) is 2.86. The zero-order valence-corrected chi connectivity index (χ0v) is 14.6. The van der Waals surface area contributed by atoms with E-state index in [1.54, 1.807) is 18.0 Å². The van der Waals surface area contributed by atoms with Crippen LogP contribution >= 0.6 is 11.8 Å². The molecule has 0 unspecified atom stereocenters. The Morgan fingerprint density at radius 1 is 1.21 bits per heavy atom. The van der Waals surface area contributed by atoms with E-state index in [1.807, 2.05) is 21.9 Å². The number of primary amides is 1. The molecule has 24 heavy (non-hydrogen) atoms. The van der Waals surface area contributed by atoms with Crippen LogP contribution in [0.5, 0.6) is 0 Å². The lowest BCUT2D eigenvalue weighted by molar-refractivity contribution is -0.119. The Bertz CT molecular complexity index is 596. The van der Waals surface area contributed by atoms with E-state index in [4.69, 9.17) is 5.73 Å². The molecule has 2 N–H and O–H groups in total. The molecule has 1 aromatic heterocycles. The monoisotopic (exact) mass is 348 g/mol. The van der Waals surface area contributed by atoms with Gasteiger partial charge in [-0.05, 0) is 25.0 Å². The lowest BCUT2D eigenvalue weighted by atomic mass is 10.2. The molecule has 1 saturated carbocycles. The van der Waals surface area contributed by atoms with Crippen LogP contribution in [0.1, 0.15) is 36.0 Å². The second-order valence-corrected chi connectivity index (χ2v) is 7.70. The first kappa shape index (κ1) is 17.2. The zero-order valence-electron chi connectivity index (χ0n) is 13.8. The largest absolute Gasteiger partial charge is 0.369 e. The zero-order chi connectivity index (χ0) is 16.9. The van der Waals surface area contributed by atoms with E-state index < -0.39 is 0 Å². The van der Waals surface area contributed by atoms with Crippen molar-refractivity contribution >= 4 is 23.6 Å². The van der Waals surface area contributed by atoms with Gasteiger partial charge in [0.1, 0.15) is 5.03 Å². The van der Waals surface area contributed by atoms with Crippen LogP contribution in [0.25, 0.3) is 0 Å². The Morgan fingerprint density at radius 3 is 2.58 bits per heavy atom. The smallest absolute Gasteiger partial charge is 0.256 e. The van der Waals surface area contributed by atoms with Gasteiger partial charge in [0, 0.05) is 37.6 Å². The number of nitrogens with two attached hydrogens (primary N) is 1. The third-order valence-corrected chi connectivity index (χ3v) is 5.97. The highest BCUT2D eigenvalue weighted by Crippen LogP contribution is 2.35. The maximum absolute atomic E-state index is 12.9. The average molecular weight is 348 g/mol. The highest BCUT2D eigenvalue weighted by molar-refractivity contribution is 7.99. The van der Waals surface area contributed by atoms with Crippen LogP contribution in [-0.2, 0) is 4.79 Å². The highest BCUT2D eigenvalue weighted by Gasteiger charge is 2.26. The Kier molecular flexibility index (Phi) is 5.73. The summed E-state index contributed by atoms with van der Waals surface area (Å²) in [6.07, 6.45) is 6.73. The molecule has 1 aliphatic heterocycles. The molecule has 0 radical (unpaired) electrons. The van der Waals surface area contributed by atoms with Crippen molar-refractivity contribution in [3.05, 3.63) is 23.9 Å². The van der Waals surface area contributed by atoms with Crippen LogP contribution in [0.2, 0.25) is 0 Å². The second-order valence-electron chi connectivity index (χ2n) is 6.42. The summed E-state index contributed by atoms with van der Waals surface area (Å²) in [5.74, 6) is -0.278. The molecule has 7 heteroatoms. The van der Waals surface area contributed by atoms with Crippen molar-refractivity contribution < 1.29 is 9.59 Å². The fourth-order valence-corrected chi connectivity index (χ4v) is 4.60. The summed E-state index contributed by atoms with van der Waals surface area (Å²) in [4.78, 5) is 32.2. The quantitative estimate of drug-likeness (QED) is 0.869. The molecule has 1 aliphatic carbocycles. The van der Waals surface area contributed by atoms with Crippen molar-refractivity contribution in [2.24, 2.45) is 5.73 Å². The lowest BCUT2D eigenvalue weighted by Gasteiger charge is -2.34. The first-order valence-corrected chi connectivity index (χ1v) is 9.43. The van der Waals surface area contributed by atoms with E-state index in [2.05, 4.69) is 4.98 Å². The van der Waals surface area contributed by atoms with Crippen molar-refractivity contribution in [3.63, 3.8) is 0 Å². The number of pyridine rings is 1. The van der Waals surface area contributed by atoms with Gasteiger partial charge in [-0.3, -0.25) is 14.5 Å². The van der Waals surface area contributed by atoms with Gasteiger partial charge < -0.3 is 10.6 Å². The van der Waals surface area contributed by atoms with Gasteiger partial charge in [0.2, 0.25) is 5.91 Å². The predicted octanol–water partition coefficient (Wildman–Crippen LogP) is 1.36. The molecule has 0 atom stereocenters. The molecular weight excluding hydrogens is 324 g/mol. The molecule has 2 aliphatic rings. The maximum Gasteiger partial charge on any atom is 0.256 e. The molecular formula is C17H24N4O2S. The van der Waals surface area contributed by atoms with Crippen LogP contribution in [0.15, 0.2) is 23.4 Å². The summed E-state index contributed by atoms with van der Waals surface area (Å²) in [6, 6.07) is 3.71. The molecule has 0 aromatic carbocycles. The Balaban J connectivity index is 1.64. The molecule has 1 aromatic rings. The van der Waals surface area contributed by atoms with Crippen molar-refractivity contribution in [1.29, 1.82) is 0 Å². The van der Waals surface area contributed by atoms with Crippen LogP contribution < -0.4 is 5.73 Å². The maximum atomic E-state index is 12.9. The number of aromatic nitrogens is 1. The molecule has 6 nitrogen and oxygen atoms in total. The molecule has 3 rings (SSSR count). The van der Waals surface area contributed by atoms with Gasteiger partial charge in [-0.15, -0.1) is 11.8 Å². The number of thioether (sulfide) groups is 1. The number of hydrogen-bond acceptors (Lipinski definition) is 5. The Labute approximate surface area is 146 Å². The number of rotatable bonds is 5. The standard InChI is InChI=1S/C17H24N4O2S/c18-15(22)12-20-8-10-21(11-9-20)17(23)14-6-3-7-19-16(14)24-13-4-1-2-5-13/h3,6-7,13H,1-2,4-5,8-12H2,(H2,18,22). The minimum Gasteiger partial charge on any atom is -0.369 e. The number of nitrogens with zero attached hydrogens (tertiary/aromatic N) is 3. The van der Waals surface area contributed by atoms with Gasteiger partial charge in [-0.1, -0.05) is 12.8 Å². The molecule has 0 spiro atoms. The van der Waals surface area contributed by atoms with Gasteiger partial charge in [0.25, 0.3) is 5.91 Å². The number of piperazine rings is 1. The number of carbonyl (C=O) groups is 2. The number of carbonyl (C=O) groups excluding carboxylic acids is 2. The first-order chi connectivity index (χ1) is 11.6. The third kappa shape index (κ3) is 4.27. The fraction of sp³-hybridized carbons (Fsp3) is 0.588. The van der Waals surface area contributed by atoms with Gasteiger partial charge in [-0.25, -0.2) is 4.98 Å². The Hall–Kier alpha value is -1.60. The molecule has 130 valence electrons. The SMILES string of the molecule is NC(=O)CN1CCN(C(=O)c2cccnc2SC2CCCC2)CC1. The molecule has 2 fully saturated rings. The highest BCUT2D eigenvalue weighted by atomic mass is 32.2. The average Bonchev–Trinajstić information content (AvgIpc) is 3.08. The fourth-order valence-electron chi connectivity index (χ4n) is 3.31. The molecule has 0 bridgehead atoms. The van der Waals surface area contributed by atoms with Crippen molar-refractivity contribution in [1.82, 2.24) is 14.8 Å². The molecule has 2 heterocycles. The lowest BCUT2D eigenvalue weighted by Crippen LogP contribution is -2.50. The van der Waals surface area contributed by atoms with Crippen LogP contribution in [0.4, 0.5) is 0 Å². The Morgan fingerprint density at radius 2 is 1.92 bits per heavy atom. The minimum atomic E-state index is -0.322. The minimum absolute atomic E-state index is 0.0438. The normalized spacial score (nSPS) is 19.6. The summed E-state index contributed by atoms with van der Waals surface area (Å²) < 4.78 is 0. The van der Waals surface area contributed by atoms with E-state index in [0.717, 1.165) is 5.03 Å². The summed E-state index contributed by atoms with van der Waals surface area (Å²) in [5, 5.41) is 1.44. The van der Waals surface area contributed by atoms with Gasteiger partial charge >= 0.3 is 0 Å². The van der Waals surface area contributed by atoms with Crippen LogP contribution in [0.3, 0.4) is 0 Å². The van der Waals surface area contributed by atoms with E-state index in [0.29, 0.717) is 37.0 Å². The molecule has 1 saturated heterocycles. The number of amides is 2. The van der Waals surface area contributed by atoms with E-state index in [-0.39, 0.29) is 18.4 Å². The van der Waals surface area contributed by atoms with Crippen LogP contribution in [-0.4, -0.2) is 64.6 Å².